The molecule has 0 saturated carbocycles. The first-order valence-corrected chi connectivity index (χ1v) is 6.21. The van der Waals surface area contributed by atoms with Crippen molar-refractivity contribution in [1.29, 1.82) is 0 Å². The Morgan fingerprint density at radius 3 is 1.70 bits per heavy atom. The van der Waals surface area contributed by atoms with E-state index in [9.17, 15) is 19.5 Å². The minimum Gasteiger partial charge on any atom is -0.481 e. The van der Waals surface area contributed by atoms with Gasteiger partial charge in [-0.2, -0.15) is 0 Å². The predicted molar refractivity (Wildman–Crippen MR) is 63.8 cm³/mol. The molecule has 1 aliphatic heterocycles. The normalized spacial score (nSPS) is 33.6. The summed E-state index contributed by atoms with van der Waals surface area (Å²) in [4.78, 5) is 32.6. The van der Waals surface area contributed by atoms with Crippen LogP contribution in [0.25, 0.3) is 0 Å². The molecule has 5 atom stereocenters. The van der Waals surface area contributed by atoms with Gasteiger partial charge in [0.25, 0.3) is 0 Å². The van der Waals surface area contributed by atoms with E-state index in [2.05, 4.69) is 0 Å². The number of carbonyl (C=O) groups is 3. The van der Waals surface area contributed by atoms with Crippen LogP contribution < -0.4 is 0 Å². The topological polar surface area (TPSA) is 141 Å². The highest BCUT2D eigenvalue weighted by Crippen LogP contribution is 2.40. The van der Waals surface area contributed by atoms with E-state index in [1.54, 1.807) is 6.92 Å². The molecule has 1 rings (SSSR count). The first-order valence-electron chi connectivity index (χ1n) is 6.21. The number of hydrogen-bond acceptors (Lipinski definition) is 5. The highest BCUT2D eigenvalue weighted by molar-refractivity contribution is 5.70. The van der Waals surface area contributed by atoms with E-state index in [-0.39, 0.29) is 6.42 Å². The molecule has 114 valence electrons. The third-order valence-electron chi connectivity index (χ3n) is 3.65. The molecule has 0 radical (unpaired) electrons. The molecule has 1 aliphatic rings. The van der Waals surface area contributed by atoms with Gasteiger partial charge >= 0.3 is 17.9 Å². The Morgan fingerprint density at radius 2 is 1.25 bits per heavy atom. The van der Waals surface area contributed by atoms with Gasteiger partial charge in [0.1, 0.15) is 0 Å². The second kappa shape index (κ2) is 6.67. The van der Waals surface area contributed by atoms with Crippen molar-refractivity contribution in [3.05, 3.63) is 0 Å². The largest absolute Gasteiger partial charge is 0.481 e. The van der Waals surface area contributed by atoms with Gasteiger partial charge in [0, 0.05) is 12.3 Å². The Labute approximate surface area is 115 Å². The van der Waals surface area contributed by atoms with Crippen molar-refractivity contribution in [2.24, 2.45) is 17.8 Å². The molecule has 1 fully saturated rings. The van der Waals surface area contributed by atoms with Gasteiger partial charge in [0.15, 0.2) is 6.29 Å². The molecule has 20 heavy (non-hydrogen) atoms. The fourth-order valence-electron chi connectivity index (χ4n) is 2.78. The fourth-order valence-corrected chi connectivity index (χ4v) is 2.78. The van der Waals surface area contributed by atoms with Crippen LogP contribution in [0.5, 0.6) is 0 Å². The summed E-state index contributed by atoms with van der Waals surface area (Å²) in [6, 6.07) is 0. The van der Waals surface area contributed by atoms with E-state index >= 15 is 0 Å². The van der Waals surface area contributed by atoms with Gasteiger partial charge in [0.2, 0.25) is 0 Å². The van der Waals surface area contributed by atoms with Crippen molar-refractivity contribution in [3.63, 3.8) is 0 Å². The average Bonchev–Trinajstić information content (AvgIpc) is 2.27. The van der Waals surface area contributed by atoms with E-state index in [0.29, 0.717) is 0 Å². The van der Waals surface area contributed by atoms with Gasteiger partial charge in [-0.25, -0.2) is 0 Å². The lowest BCUT2D eigenvalue weighted by molar-refractivity contribution is -0.234. The third-order valence-corrected chi connectivity index (χ3v) is 3.65. The molecular formula is C12H18O8. The number of carboxylic acid groups (broad SMARTS) is 3. The Morgan fingerprint density at radius 1 is 0.850 bits per heavy atom. The van der Waals surface area contributed by atoms with Gasteiger partial charge in [-0.15, -0.1) is 0 Å². The van der Waals surface area contributed by atoms with Crippen molar-refractivity contribution in [2.45, 2.75) is 38.6 Å². The number of aliphatic hydroxyl groups is 1. The number of aliphatic carboxylic acids is 3. The first kappa shape index (κ1) is 16.4. The summed E-state index contributed by atoms with van der Waals surface area (Å²) < 4.78 is 5.16. The summed E-state index contributed by atoms with van der Waals surface area (Å²) in [5, 5.41) is 36.4. The van der Waals surface area contributed by atoms with Crippen molar-refractivity contribution in [1.82, 2.24) is 0 Å². The second-order valence-electron chi connectivity index (χ2n) is 5.02. The maximum absolute atomic E-state index is 10.9. The zero-order chi connectivity index (χ0) is 15.4. The van der Waals surface area contributed by atoms with Crippen LogP contribution in [0.4, 0.5) is 0 Å². The van der Waals surface area contributed by atoms with E-state index in [4.69, 9.17) is 20.1 Å². The number of ether oxygens (including phenoxy) is 1. The van der Waals surface area contributed by atoms with Crippen molar-refractivity contribution < 1.29 is 39.5 Å². The lowest BCUT2D eigenvalue weighted by Gasteiger charge is -2.43. The molecule has 1 heterocycles. The van der Waals surface area contributed by atoms with Crippen LogP contribution in [0.1, 0.15) is 26.2 Å². The lowest BCUT2D eigenvalue weighted by Crippen LogP contribution is -2.48. The summed E-state index contributed by atoms with van der Waals surface area (Å²) in [6.45, 7) is 1.54. The van der Waals surface area contributed by atoms with Crippen molar-refractivity contribution >= 4 is 17.9 Å². The summed E-state index contributed by atoms with van der Waals surface area (Å²) in [5.41, 5.74) is 0. The summed E-state index contributed by atoms with van der Waals surface area (Å²) in [6.07, 6.45) is -3.27. The monoisotopic (exact) mass is 290 g/mol. The highest BCUT2D eigenvalue weighted by atomic mass is 16.6. The summed E-state index contributed by atoms with van der Waals surface area (Å²) >= 11 is 0. The maximum Gasteiger partial charge on any atom is 0.303 e. The van der Waals surface area contributed by atoms with Crippen LogP contribution >= 0.6 is 0 Å². The summed E-state index contributed by atoms with van der Waals surface area (Å²) in [5.74, 6) is -5.84. The number of aliphatic hydroxyl groups excluding tert-OH is 1. The van der Waals surface area contributed by atoms with Gasteiger partial charge in [-0.05, 0) is 18.8 Å². The molecule has 8 heteroatoms. The Hall–Kier alpha value is -1.67. The predicted octanol–water partition coefficient (Wildman–Crippen LogP) is -0.00380. The molecule has 0 aromatic carbocycles. The van der Waals surface area contributed by atoms with Crippen LogP contribution in [0.15, 0.2) is 0 Å². The van der Waals surface area contributed by atoms with Gasteiger partial charge in [-0.3, -0.25) is 14.4 Å². The van der Waals surface area contributed by atoms with Gasteiger partial charge in [-0.1, -0.05) is 0 Å². The Bertz CT molecular complexity index is 365. The Balaban J connectivity index is 3.01. The number of rotatable bonds is 6. The standard InChI is InChI=1S/C12H18O8/c1-5-6(2-9(13)14)7(3-10(15)16)8(4-11(17)18)12(19)20-5/h5-8,12,19H,2-4H2,1H3,(H,13,14)(H,15,16)(H,17,18)/t5-,6+,7+,8-,12?/m1/s1. The quantitative estimate of drug-likeness (QED) is 0.535. The zero-order valence-corrected chi connectivity index (χ0v) is 10.9. The highest BCUT2D eigenvalue weighted by Gasteiger charge is 2.45. The molecule has 8 nitrogen and oxygen atoms in total. The van der Waals surface area contributed by atoms with Crippen LogP contribution in [-0.2, 0) is 19.1 Å². The first-order chi connectivity index (χ1) is 9.22. The number of hydrogen-bond donors (Lipinski definition) is 4. The third kappa shape index (κ3) is 4.17. The molecule has 1 unspecified atom stereocenters. The molecule has 4 N–H and O–H groups in total. The van der Waals surface area contributed by atoms with E-state index in [1.807, 2.05) is 0 Å². The Kier molecular flexibility index (Phi) is 5.46. The average molecular weight is 290 g/mol. The molecule has 0 aromatic heterocycles. The van der Waals surface area contributed by atoms with Gasteiger partial charge in [0.05, 0.1) is 18.9 Å². The smallest absolute Gasteiger partial charge is 0.303 e. The van der Waals surface area contributed by atoms with Crippen LogP contribution in [0.3, 0.4) is 0 Å². The minimum absolute atomic E-state index is 0.331. The summed E-state index contributed by atoms with van der Waals surface area (Å²) in [7, 11) is 0. The van der Waals surface area contributed by atoms with Crippen LogP contribution in [-0.4, -0.2) is 50.7 Å². The maximum atomic E-state index is 10.9. The fraction of sp³-hybridized carbons (Fsp3) is 0.750. The lowest BCUT2D eigenvalue weighted by atomic mass is 9.72. The van der Waals surface area contributed by atoms with E-state index in [1.165, 1.54) is 0 Å². The van der Waals surface area contributed by atoms with Crippen LogP contribution in [0.2, 0.25) is 0 Å². The molecule has 0 aliphatic carbocycles. The molecule has 0 amide bonds. The van der Waals surface area contributed by atoms with E-state index in [0.717, 1.165) is 0 Å². The second-order valence-corrected chi connectivity index (χ2v) is 5.02. The molecule has 0 spiro atoms. The van der Waals surface area contributed by atoms with Crippen LogP contribution in [0, 0.1) is 17.8 Å². The molecular weight excluding hydrogens is 272 g/mol. The van der Waals surface area contributed by atoms with Gasteiger partial charge < -0.3 is 25.2 Å². The molecule has 0 bridgehead atoms. The van der Waals surface area contributed by atoms with E-state index < -0.39 is 60.9 Å². The zero-order valence-electron chi connectivity index (χ0n) is 10.9. The SMILES string of the molecule is C[C@H]1OC(O)[C@H](CC(=O)O)[C@@H](CC(=O)O)[C@H]1CC(=O)O. The van der Waals surface area contributed by atoms with Crippen molar-refractivity contribution in [3.8, 4) is 0 Å². The molecule has 0 aromatic rings. The molecule has 1 saturated heterocycles. The minimum atomic E-state index is -1.41. The van der Waals surface area contributed by atoms with Crippen molar-refractivity contribution in [2.75, 3.05) is 0 Å². The number of carboxylic acids is 3.